The SMILES string of the molecule is COc1ccc(-c2noc(/C(=C/c3ccc(C(F)(F)F)cc3)CCCC[NH3+])n2)cc1. The number of aromatic nitrogens is 2. The lowest BCUT2D eigenvalue weighted by molar-refractivity contribution is -0.368. The first-order chi connectivity index (χ1) is 14.4. The van der Waals surface area contributed by atoms with Crippen LogP contribution in [0.3, 0.4) is 0 Å². The van der Waals surface area contributed by atoms with E-state index in [9.17, 15) is 13.2 Å². The molecule has 30 heavy (non-hydrogen) atoms. The Labute approximate surface area is 172 Å². The summed E-state index contributed by atoms with van der Waals surface area (Å²) in [5.74, 6) is 1.51. The number of methoxy groups -OCH3 is 1. The van der Waals surface area contributed by atoms with Crippen LogP contribution in [0.2, 0.25) is 0 Å². The van der Waals surface area contributed by atoms with Gasteiger partial charge in [-0.25, -0.2) is 0 Å². The van der Waals surface area contributed by atoms with Gasteiger partial charge in [0.15, 0.2) is 0 Å². The van der Waals surface area contributed by atoms with Crippen molar-refractivity contribution in [3.8, 4) is 17.1 Å². The van der Waals surface area contributed by atoms with E-state index in [1.54, 1.807) is 25.3 Å². The van der Waals surface area contributed by atoms with Crippen molar-refractivity contribution in [3.05, 3.63) is 65.5 Å². The van der Waals surface area contributed by atoms with Gasteiger partial charge in [0.1, 0.15) is 5.75 Å². The maximum atomic E-state index is 12.8. The van der Waals surface area contributed by atoms with Crippen LogP contribution in [0.4, 0.5) is 13.2 Å². The van der Waals surface area contributed by atoms with E-state index in [-0.39, 0.29) is 0 Å². The van der Waals surface area contributed by atoms with Crippen molar-refractivity contribution in [2.45, 2.75) is 25.4 Å². The number of halogens is 3. The van der Waals surface area contributed by atoms with Crippen LogP contribution in [-0.4, -0.2) is 23.8 Å². The number of alkyl halides is 3. The third-order valence-electron chi connectivity index (χ3n) is 4.57. The first-order valence-corrected chi connectivity index (χ1v) is 9.56. The number of hydrogen-bond donors (Lipinski definition) is 1. The van der Waals surface area contributed by atoms with Crippen molar-refractivity contribution < 1.29 is 28.2 Å². The Kier molecular flexibility index (Phi) is 6.89. The average Bonchev–Trinajstić information content (AvgIpc) is 3.23. The van der Waals surface area contributed by atoms with Gasteiger partial charge < -0.3 is 15.0 Å². The smallest absolute Gasteiger partial charge is 0.416 e. The van der Waals surface area contributed by atoms with Crippen LogP contribution >= 0.6 is 0 Å². The van der Waals surface area contributed by atoms with Gasteiger partial charge in [-0.1, -0.05) is 17.3 Å². The molecule has 0 spiro atoms. The second-order valence-corrected chi connectivity index (χ2v) is 6.75. The standard InChI is InChI=1S/C22H22F3N3O2/c1-29-19-11-7-16(8-12-19)20-27-21(30-28-20)17(4-2-3-13-26)14-15-5-9-18(10-6-15)22(23,24)25/h5-12,14H,2-4,13,26H2,1H3/p+1/b17-14+. The number of ether oxygens (including phenoxy) is 1. The molecule has 8 heteroatoms. The van der Waals surface area contributed by atoms with E-state index in [0.29, 0.717) is 23.7 Å². The van der Waals surface area contributed by atoms with E-state index < -0.39 is 11.7 Å². The van der Waals surface area contributed by atoms with Crippen molar-refractivity contribution in [2.24, 2.45) is 0 Å². The highest BCUT2D eigenvalue weighted by molar-refractivity contribution is 5.78. The van der Waals surface area contributed by atoms with Crippen LogP contribution in [0.25, 0.3) is 23.0 Å². The average molecular weight is 418 g/mol. The molecule has 158 valence electrons. The largest absolute Gasteiger partial charge is 0.497 e. The molecule has 3 aromatic rings. The van der Waals surface area contributed by atoms with Crippen LogP contribution in [0, 0.1) is 0 Å². The molecule has 0 bridgehead atoms. The molecule has 1 aromatic heterocycles. The zero-order valence-corrected chi connectivity index (χ0v) is 16.6. The van der Waals surface area contributed by atoms with Crippen LogP contribution < -0.4 is 10.5 Å². The Hall–Kier alpha value is -3.13. The monoisotopic (exact) mass is 418 g/mol. The topological polar surface area (TPSA) is 75.8 Å². The van der Waals surface area contributed by atoms with Crippen molar-refractivity contribution >= 4 is 11.6 Å². The summed E-state index contributed by atoms with van der Waals surface area (Å²) < 4.78 is 49.0. The number of rotatable bonds is 8. The van der Waals surface area contributed by atoms with Gasteiger partial charge in [-0.2, -0.15) is 18.2 Å². The molecule has 0 aliphatic heterocycles. The lowest BCUT2D eigenvalue weighted by atomic mass is 10.0. The number of nitrogens with zero attached hydrogens (tertiary/aromatic N) is 2. The van der Waals surface area contributed by atoms with E-state index in [1.807, 2.05) is 12.1 Å². The molecule has 0 aliphatic carbocycles. The molecule has 0 atom stereocenters. The molecule has 0 saturated carbocycles. The minimum Gasteiger partial charge on any atom is -0.497 e. The minimum atomic E-state index is -4.36. The van der Waals surface area contributed by atoms with Crippen LogP contribution in [-0.2, 0) is 6.18 Å². The fraction of sp³-hybridized carbons (Fsp3) is 0.273. The van der Waals surface area contributed by atoms with Crippen LogP contribution in [0.1, 0.15) is 36.3 Å². The Morgan fingerprint density at radius 3 is 2.37 bits per heavy atom. The van der Waals surface area contributed by atoms with Crippen LogP contribution in [0.15, 0.2) is 53.1 Å². The second kappa shape index (κ2) is 9.58. The van der Waals surface area contributed by atoms with Gasteiger partial charge in [-0.05, 0) is 67.3 Å². The van der Waals surface area contributed by atoms with Crippen molar-refractivity contribution in [3.63, 3.8) is 0 Å². The molecule has 5 nitrogen and oxygen atoms in total. The Morgan fingerprint density at radius 2 is 1.77 bits per heavy atom. The number of benzene rings is 2. The molecule has 0 saturated heterocycles. The zero-order valence-electron chi connectivity index (χ0n) is 16.6. The van der Waals surface area contributed by atoms with Gasteiger partial charge in [-0.3, -0.25) is 0 Å². The van der Waals surface area contributed by atoms with Gasteiger partial charge in [0.2, 0.25) is 5.82 Å². The van der Waals surface area contributed by atoms with E-state index in [0.717, 1.165) is 48.4 Å². The highest BCUT2D eigenvalue weighted by Crippen LogP contribution is 2.30. The van der Waals surface area contributed by atoms with Gasteiger partial charge >= 0.3 is 6.18 Å². The van der Waals surface area contributed by atoms with E-state index in [4.69, 9.17) is 9.26 Å². The van der Waals surface area contributed by atoms with Crippen molar-refractivity contribution in [2.75, 3.05) is 13.7 Å². The highest BCUT2D eigenvalue weighted by Gasteiger charge is 2.29. The molecular weight excluding hydrogens is 395 g/mol. The molecule has 0 fully saturated rings. The van der Waals surface area contributed by atoms with E-state index in [1.165, 1.54) is 12.1 Å². The Balaban J connectivity index is 1.88. The number of hydrogen-bond acceptors (Lipinski definition) is 4. The molecule has 3 rings (SSSR count). The fourth-order valence-electron chi connectivity index (χ4n) is 2.91. The third kappa shape index (κ3) is 5.48. The molecule has 3 N–H and O–H groups in total. The summed E-state index contributed by atoms with van der Waals surface area (Å²) in [6.45, 7) is 0.800. The molecule has 0 unspecified atom stereocenters. The molecule has 1 heterocycles. The molecular formula is C22H23F3N3O2+. The quantitative estimate of drug-likeness (QED) is 0.537. The van der Waals surface area contributed by atoms with Gasteiger partial charge in [0, 0.05) is 11.1 Å². The normalized spacial score (nSPS) is 12.2. The summed E-state index contributed by atoms with van der Waals surface area (Å²) in [6.07, 6.45) is -0.145. The van der Waals surface area contributed by atoms with Gasteiger partial charge in [-0.15, -0.1) is 0 Å². The van der Waals surface area contributed by atoms with Crippen molar-refractivity contribution in [1.82, 2.24) is 10.1 Å². The van der Waals surface area contributed by atoms with Gasteiger partial charge in [0.25, 0.3) is 5.89 Å². The highest BCUT2D eigenvalue weighted by atomic mass is 19.4. The summed E-state index contributed by atoms with van der Waals surface area (Å²) in [4.78, 5) is 4.49. The second-order valence-electron chi connectivity index (χ2n) is 6.75. The van der Waals surface area contributed by atoms with Crippen LogP contribution in [0.5, 0.6) is 5.75 Å². The Morgan fingerprint density at radius 1 is 1.07 bits per heavy atom. The lowest BCUT2D eigenvalue weighted by Gasteiger charge is -2.07. The number of quaternary nitrogens is 1. The summed E-state index contributed by atoms with van der Waals surface area (Å²) in [5.41, 5.74) is 5.34. The Bertz CT molecular complexity index is 978. The summed E-state index contributed by atoms with van der Waals surface area (Å²) >= 11 is 0. The number of unbranched alkanes of at least 4 members (excludes halogenated alkanes) is 1. The maximum absolute atomic E-state index is 12.8. The lowest BCUT2D eigenvalue weighted by Crippen LogP contribution is -2.50. The molecule has 0 amide bonds. The minimum absolute atomic E-state index is 0.352. The predicted octanol–water partition coefficient (Wildman–Crippen LogP) is 4.72. The third-order valence-corrected chi connectivity index (χ3v) is 4.57. The van der Waals surface area contributed by atoms with E-state index >= 15 is 0 Å². The first-order valence-electron chi connectivity index (χ1n) is 9.56. The zero-order chi connectivity index (χ0) is 21.6. The molecule has 2 aromatic carbocycles. The summed E-state index contributed by atoms with van der Waals surface area (Å²) in [7, 11) is 1.59. The number of allylic oxidation sites excluding steroid dienone is 1. The summed E-state index contributed by atoms with van der Waals surface area (Å²) in [5, 5.41) is 4.05. The van der Waals surface area contributed by atoms with Crippen molar-refractivity contribution in [1.29, 1.82) is 0 Å². The first kappa shape index (κ1) is 21.6. The molecule has 0 radical (unpaired) electrons. The fourth-order valence-corrected chi connectivity index (χ4v) is 2.91. The molecule has 0 aliphatic rings. The predicted molar refractivity (Wildman–Crippen MR) is 107 cm³/mol. The van der Waals surface area contributed by atoms with E-state index in [2.05, 4.69) is 15.9 Å². The summed E-state index contributed by atoms with van der Waals surface area (Å²) in [6, 6.07) is 12.3. The van der Waals surface area contributed by atoms with Gasteiger partial charge in [0.05, 0.1) is 19.2 Å². The maximum Gasteiger partial charge on any atom is 0.416 e.